The Morgan fingerprint density at radius 2 is 1.81 bits per heavy atom. The van der Waals surface area contributed by atoms with E-state index in [4.69, 9.17) is 9.73 Å². The van der Waals surface area contributed by atoms with Crippen LogP contribution >= 0.6 is 23.5 Å². The molecule has 2 aromatic rings. The van der Waals surface area contributed by atoms with E-state index in [0.717, 1.165) is 16.5 Å². The number of thioether (sulfide) groups is 2. The molecule has 0 N–H and O–H groups in total. The summed E-state index contributed by atoms with van der Waals surface area (Å²) < 4.78 is 5.26. The smallest absolute Gasteiger partial charge is 0.121 e. The minimum Gasteiger partial charge on any atom is -0.497 e. The lowest BCUT2D eigenvalue weighted by molar-refractivity contribution is 0.415. The SMILES string of the molecule is COc1cccc(N=C(SC)C(SC)c2ccccc2)c1. The molecule has 0 spiro atoms. The van der Waals surface area contributed by atoms with Crippen LogP contribution in [0.4, 0.5) is 5.69 Å². The average Bonchev–Trinajstić information content (AvgIpc) is 2.55. The third-order valence-electron chi connectivity index (χ3n) is 3.06. The van der Waals surface area contributed by atoms with Crippen molar-refractivity contribution in [2.45, 2.75) is 5.25 Å². The van der Waals surface area contributed by atoms with E-state index in [0.29, 0.717) is 0 Å². The molecule has 110 valence electrons. The van der Waals surface area contributed by atoms with Crippen LogP contribution in [0.15, 0.2) is 59.6 Å². The van der Waals surface area contributed by atoms with Crippen molar-refractivity contribution in [1.82, 2.24) is 0 Å². The van der Waals surface area contributed by atoms with E-state index in [1.807, 2.05) is 30.3 Å². The fourth-order valence-electron chi connectivity index (χ4n) is 2.03. The third-order valence-corrected chi connectivity index (χ3v) is 4.93. The van der Waals surface area contributed by atoms with Gasteiger partial charge in [-0.1, -0.05) is 36.4 Å². The highest BCUT2D eigenvalue weighted by Gasteiger charge is 2.16. The fraction of sp³-hybridized carbons (Fsp3) is 0.235. The maximum absolute atomic E-state index is 5.26. The molecule has 0 aliphatic heterocycles. The molecule has 0 aromatic heterocycles. The summed E-state index contributed by atoms with van der Waals surface area (Å²) in [6.07, 6.45) is 4.19. The van der Waals surface area contributed by atoms with Gasteiger partial charge in [0.05, 0.1) is 23.1 Å². The van der Waals surface area contributed by atoms with Gasteiger partial charge in [0.2, 0.25) is 0 Å². The first kappa shape index (κ1) is 16.0. The number of rotatable bonds is 5. The highest BCUT2D eigenvalue weighted by molar-refractivity contribution is 8.15. The molecule has 2 rings (SSSR count). The van der Waals surface area contributed by atoms with Crippen LogP contribution in [0.5, 0.6) is 5.75 Å². The molecule has 0 aliphatic rings. The molecule has 1 atom stereocenters. The maximum Gasteiger partial charge on any atom is 0.121 e. The highest BCUT2D eigenvalue weighted by Crippen LogP contribution is 2.34. The molecule has 0 aliphatic carbocycles. The van der Waals surface area contributed by atoms with E-state index in [9.17, 15) is 0 Å². The van der Waals surface area contributed by atoms with Gasteiger partial charge in [0.15, 0.2) is 0 Å². The van der Waals surface area contributed by atoms with Gasteiger partial charge >= 0.3 is 0 Å². The Balaban J connectivity index is 2.34. The van der Waals surface area contributed by atoms with Crippen molar-refractivity contribution in [3.8, 4) is 5.75 Å². The Morgan fingerprint density at radius 3 is 2.43 bits per heavy atom. The summed E-state index contributed by atoms with van der Waals surface area (Å²) in [6, 6.07) is 18.3. The standard InChI is InChI=1S/C17H19NOS2/c1-19-15-11-7-10-14(12-15)18-17(21-3)16(20-2)13-8-5-4-6-9-13/h4-12,16H,1-3H3. The van der Waals surface area contributed by atoms with Crippen LogP contribution in [-0.4, -0.2) is 24.7 Å². The van der Waals surface area contributed by atoms with Crippen LogP contribution in [0.1, 0.15) is 10.8 Å². The van der Waals surface area contributed by atoms with E-state index in [2.05, 4.69) is 36.8 Å². The summed E-state index contributed by atoms with van der Waals surface area (Å²) in [6.45, 7) is 0. The van der Waals surface area contributed by atoms with Crippen molar-refractivity contribution >= 4 is 34.3 Å². The van der Waals surface area contributed by atoms with Gasteiger partial charge in [-0.2, -0.15) is 11.8 Å². The van der Waals surface area contributed by atoms with Gasteiger partial charge in [-0.15, -0.1) is 11.8 Å². The molecule has 0 saturated heterocycles. The second-order valence-electron chi connectivity index (χ2n) is 4.38. The molecule has 21 heavy (non-hydrogen) atoms. The number of ether oxygens (including phenoxy) is 1. The third kappa shape index (κ3) is 4.29. The first-order valence-electron chi connectivity index (χ1n) is 6.63. The van der Waals surface area contributed by atoms with Gasteiger partial charge in [-0.3, -0.25) is 0 Å². The van der Waals surface area contributed by atoms with Crippen molar-refractivity contribution in [3.63, 3.8) is 0 Å². The highest BCUT2D eigenvalue weighted by atomic mass is 32.2. The molecule has 1 unspecified atom stereocenters. The normalized spacial score (nSPS) is 13.0. The van der Waals surface area contributed by atoms with E-state index in [-0.39, 0.29) is 5.25 Å². The summed E-state index contributed by atoms with van der Waals surface area (Å²) >= 11 is 3.50. The number of hydrogen-bond acceptors (Lipinski definition) is 4. The largest absolute Gasteiger partial charge is 0.497 e. The van der Waals surface area contributed by atoms with E-state index in [1.165, 1.54) is 5.56 Å². The number of nitrogens with zero attached hydrogens (tertiary/aromatic N) is 1. The topological polar surface area (TPSA) is 21.6 Å². The summed E-state index contributed by atoms with van der Waals surface area (Å²) in [5, 5.41) is 1.36. The van der Waals surface area contributed by atoms with Gasteiger partial charge in [-0.25, -0.2) is 4.99 Å². The molecular weight excluding hydrogens is 298 g/mol. The van der Waals surface area contributed by atoms with Crippen molar-refractivity contribution < 1.29 is 4.74 Å². The van der Waals surface area contributed by atoms with Gasteiger partial charge in [0, 0.05) is 6.07 Å². The molecular formula is C17H19NOS2. The first-order valence-corrected chi connectivity index (χ1v) is 9.14. The number of methoxy groups -OCH3 is 1. The number of benzene rings is 2. The van der Waals surface area contributed by atoms with Crippen molar-refractivity contribution in [3.05, 3.63) is 60.2 Å². The Labute approximate surface area is 135 Å². The van der Waals surface area contributed by atoms with Crippen molar-refractivity contribution in [1.29, 1.82) is 0 Å². The van der Waals surface area contributed by atoms with Crippen LogP contribution in [0.2, 0.25) is 0 Å². The minimum atomic E-state index is 0.257. The fourth-order valence-corrected chi connectivity index (χ4v) is 3.83. The molecule has 2 aromatic carbocycles. The summed E-state index contributed by atoms with van der Waals surface area (Å²) in [5.41, 5.74) is 2.20. The quantitative estimate of drug-likeness (QED) is 0.559. The molecule has 0 heterocycles. The van der Waals surface area contributed by atoms with Crippen molar-refractivity contribution in [2.75, 3.05) is 19.6 Å². The van der Waals surface area contributed by atoms with E-state index < -0.39 is 0 Å². The van der Waals surface area contributed by atoms with Gasteiger partial charge < -0.3 is 4.74 Å². The zero-order valence-corrected chi connectivity index (χ0v) is 14.1. The second-order valence-corrected chi connectivity index (χ2v) is 6.15. The Hall–Kier alpha value is -1.39. The zero-order chi connectivity index (χ0) is 15.1. The first-order chi connectivity index (χ1) is 10.3. The van der Waals surface area contributed by atoms with Crippen molar-refractivity contribution in [2.24, 2.45) is 4.99 Å². The Kier molecular flexibility index (Phi) is 6.21. The monoisotopic (exact) mass is 317 g/mol. The lowest BCUT2D eigenvalue weighted by atomic mass is 10.1. The molecule has 4 heteroatoms. The Morgan fingerprint density at radius 1 is 1.05 bits per heavy atom. The molecule has 0 amide bonds. The van der Waals surface area contributed by atoms with Gasteiger partial charge in [0.25, 0.3) is 0 Å². The zero-order valence-electron chi connectivity index (χ0n) is 12.4. The predicted octanol–water partition coefficient (Wildman–Crippen LogP) is 5.19. The molecule has 0 radical (unpaired) electrons. The predicted molar refractivity (Wildman–Crippen MR) is 96.3 cm³/mol. The van der Waals surface area contributed by atoms with Gasteiger partial charge in [-0.05, 0) is 30.2 Å². The molecule has 2 nitrogen and oxygen atoms in total. The minimum absolute atomic E-state index is 0.257. The average molecular weight is 317 g/mol. The lowest BCUT2D eigenvalue weighted by Gasteiger charge is -2.16. The summed E-state index contributed by atoms with van der Waals surface area (Å²) in [7, 11) is 1.67. The van der Waals surface area contributed by atoms with E-state index >= 15 is 0 Å². The number of aliphatic imine (C=N–C) groups is 1. The van der Waals surface area contributed by atoms with Crippen LogP contribution in [0.25, 0.3) is 0 Å². The number of hydrogen-bond donors (Lipinski definition) is 0. The lowest BCUT2D eigenvalue weighted by Crippen LogP contribution is -2.04. The van der Waals surface area contributed by atoms with Crippen LogP contribution in [-0.2, 0) is 0 Å². The Bertz CT molecular complexity index is 599. The molecule has 0 bridgehead atoms. The molecule has 0 saturated carbocycles. The summed E-state index contributed by atoms with van der Waals surface area (Å²) in [4.78, 5) is 4.81. The van der Waals surface area contributed by atoms with E-state index in [1.54, 1.807) is 30.6 Å². The van der Waals surface area contributed by atoms with Crippen LogP contribution in [0, 0.1) is 0 Å². The summed E-state index contributed by atoms with van der Waals surface area (Å²) in [5.74, 6) is 0.831. The maximum atomic E-state index is 5.26. The van der Waals surface area contributed by atoms with Gasteiger partial charge in [0.1, 0.15) is 5.75 Å². The van der Waals surface area contributed by atoms with Crippen LogP contribution < -0.4 is 4.74 Å². The molecule has 0 fully saturated rings. The second kappa shape index (κ2) is 8.15. The van der Waals surface area contributed by atoms with Crippen LogP contribution in [0.3, 0.4) is 0 Å².